The van der Waals surface area contributed by atoms with Crippen molar-refractivity contribution >= 4 is 33.6 Å². The van der Waals surface area contributed by atoms with Gasteiger partial charge in [0.1, 0.15) is 12.4 Å². The van der Waals surface area contributed by atoms with E-state index in [9.17, 15) is 9.59 Å². The summed E-state index contributed by atoms with van der Waals surface area (Å²) in [6.45, 7) is 0.846. The van der Waals surface area contributed by atoms with Crippen LogP contribution in [-0.2, 0) is 11.4 Å². The number of halogens is 1. The summed E-state index contributed by atoms with van der Waals surface area (Å²) < 4.78 is 6.55. The minimum Gasteiger partial charge on any atom is -0.488 e. The van der Waals surface area contributed by atoms with Crippen LogP contribution < -0.4 is 15.0 Å². The number of nitrogens with zero attached hydrogens (tertiary/aromatic N) is 1. The van der Waals surface area contributed by atoms with E-state index in [1.807, 2.05) is 42.5 Å². The van der Waals surface area contributed by atoms with Crippen molar-refractivity contribution in [2.24, 2.45) is 0 Å². The predicted octanol–water partition coefficient (Wildman–Crippen LogP) is 3.47. The third kappa shape index (κ3) is 3.71. The highest BCUT2D eigenvalue weighted by molar-refractivity contribution is 9.10. The molecular weight excluding hydrogens is 360 g/mol. The number of amides is 3. The van der Waals surface area contributed by atoms with Crippen LogP contribution in [0.4, 0.5) is 10.5 Å². The van der Waals surface area contributed by atoms with Crippen molar-refractivity contribution < 1.29 is 14.3 Å². The van der Waals surface area contributed by atoms with Crippen LogP contribution in [0.2, 0.25) is 0 Å². The lowest BCUT2D eigenvalue weighted by Gasteiger charge is -2.26. The van der Waals surface area contributed by atoms with Crippen LogP contribution in [0.3, 0.4) is 0 Å². The molecule has 1 N–H and O–H groups in total. The number of ether oxygens (including phenoxy) is 1. The first kappa shape index (κ1) is 15.6. The number of hydrogen-bond donors (Lipinski definition) is 1. The highest BCUT2D eigenvalue weighted by Crippen LogP contribution is 2.31. The normalized spacial score (nSPS) is 14.6. The largest absolute Gasteiger partial charge is 0.488 e. The molecule has 1 aliphatic rings. The summed E-state index contributed by atoms with van der Waals surface area (Å²) in [6.07, 6.45) is 0.301. The average molecular weight is 375 g/mol. The first-order chi connectivity index (χ1) is 11.1. The summed E-state index contributed by atoms with van der Waals surface area (Å²) in [4.78, 5) is 24.6. The van der Waals surface area contributed by atoms with E-state index >= 15 is 0 Å². The highest BCUT2D eigenvalue weighted by atomic mass is 79.9. The lowest BCUT2D eigenvalue weighted by molar-refractivity contribution is -0.120. The number of carbonyl (C=O) groups excluding carboxylic acids is 2. The van der Waals surface area contributed by atoms with Crippen LogP contribution in [-0.4, -0.2) is 18.5 Å². The van der Waals surface area contributed by atoms with Gasteiger partial charge >= 0.3 is 6.03 Å². The molecule has 0 aliphatic carbocycles. The van der Waals surface area contributed by atoms with Crippen molar-refractivity contribution in [2.45, 2.75) is 13.0 Å². The second kappa shape index (κ2) is 6.83. The molecule has 2 aromatic rings. The minimum atomic E-state index is -0.397. The number of benzene rings is 2. The van der Waals surface area contributed by atoms with Crippen molar-refractivity contribution in [2.75, 3.05) is 11.4 Å². The Kier molecular flexibility index (Phi) is 4.62. The van der Waals surface area contributed by atoms with Gasteiger partial charge in [-0.1, -0.05) is 30.3 Å². The maximum atomic E-state index is 11.9. The quantitative estimate of drug-likeness (QED) is 0.890. The van der Waals surface area contributed by atoms with Gasteiger partial charge in [0.2, 0.25) is 5.91 Å². The van der Waals surface area contributed by atoms with E-state index in [-0.39, 0.29) is 5.91 Å². The molecule has 0 bridgehead atoms. The molecule has 0 radical (unpaired) electrons. The van der Waals surface area contributed by atoms with Gasteiger partial charge in [-0.15, -0.1) is 0 Å². The number of anilines is 1. The SMILES string of the molecule is O=C1CCN(c2ccc(OCc3ccccc3)c(Br)c2)C(=O)N1. The van der Waals surface area contributed by atoms with E-state index in [1.165, 1.54) is 4.90 Å². The zero-order valence-electron chi connectivity index (χ0n) is 12.3. The average Bonchev–Trinajstić information content (AvgIpc) is 2.55. The Hall–Kier alpha value is -2.34. The van der Waals surface area contributed by atoms with E-state index < -0.39 is 6.03 Å². The van der Waals surface area contributed by atoms with E-state index in [1.54, 1.807) is 6.07 Å². The van der Waals surface area contributed by atoms with Gasteiger partial charge < -0.3 is 4.74 Å². The van der Waals surface area contributed by atoms with Crippen molar-refractivity contribution in [1.29, 1.82) is 0 Å². The Bertz CT molecular complexity index is 734. The maximum Gasteiger partial charge on any atom is 0.328 e. The fraction of sp³-hybridized carbons (Fsp3) is 0.176. The van der Waals surface area contributed by atoms with Gasteiger partial charge in [-0.25, -0.2) is 4.79 Å². The summed E-state index contributed by atoms with van der Waals surface area (Å²) in [6, 6.07) is 14.9. The zero-order chi connectivity index (χ0) is 16.2. The number of nitrogens with one attached hydrogen (secondary N) is 1. The van der Waals surface area contributed by atoms with Gasteiger partial charge in [0.25, 0.3) is 0 Å². The molecule has 118 valence electrons. The molecule has 0 unspecified atom stereocenters. The second-order valence-corrected chi connectivity index (χ2v) is 6.00. The molecule has 1 aliphatic heterocycles. The number of urea groups is 1. The fourth-order valence-electron chi connectivity index (χ4n) is 2.32. The smallest absolute Gasteiger partial charge is 0.328 e. The van der Waals surface area contributed by atoms with Crippen molar-refractivity contribution in [1.82, 2.24) is 5.32 Å². The number of hydrogen-bond acceptors (Lipinski definition) is 3. The predicted molar refractivity (Wildman–Crippen MR) is 90.4 cm³/mol. The molecule has 3 rings (SSSR count). The highest BCUT2D eigenvalue weighted by Gasteiger charge is 2.24. The van der Waals surface area contributed by atoms with Crippen LogP contribution in [0.15, 0.2) is 53.0 Å². The Morgan fingerprint density at radius 2 is 1.91 bits per heavy atom. The van der Waals surface area contributed by atoms with Crippen LogP contribution in [0, 0.1) is 0 Å². The summed E-state index contributed by atoms with van der Waals surface area (Å²) in [7, 11) is 0. The molecule has 0 saturated carbocycles. The van der Waals surface area contributed by atoms with Crippen LogP contribution >= 0.6 is 15.9 Å². The monoisotopic (exact) mass is 374 g/mol. The molecule has 0 atom stereocenters. The Morgan fingerprint density at radius 1 is 1.13 bits per heavy atom. The minimum absolute atomic E-state index is 0.242. The third-order valence-corrected chi connectivity index (χ3v) is 4.14. The molecule has 0 spiro atoms. The summed E-state index contributed by atoms with van der Waals surface area (Å²) in [5.74, 6) is 0.458. The first-order valence-electron chi connectivity index (χ1n) is 7.21. The maximum absolute atomic E-state index is 11.9. The Balaban J connectivity index is 1.70. The fourth-order valence-corrected chi connectivity index (χ4v) is 2.80. The van der Waals surface area contributed by atoms with Gasteiger partial charge in [-0.2, -0.15) is 0 Å². The van der Waals surface area contributed by atoms with E-state index in [0.717, 1.165) is 10.0 Å². The molecule has 0 aromatic heterocycles. The summed E-state index contributed by atoms with van der Waals surface area (Å²) >= 11 is 3.47. The first-order valence-corrected chi connectivity index (χ1v) is 8.00. The Morgan fingerprint density at radius 3 is 2.61 bits per heavy atom. The zero-order valence-corrected chi connectivity index (χ0v) is 13.9. The van der Waals surface area contributed by atoms with Gasteiger partial charge in [0, 0.05) is 18.7 Å². The van der Waals surface area contributed by atoms with Gasteiger partial charge in [-0.05, 0) is 39.7 Å². The number of rotatable bonds is 4. The summed E-state index contributed by atoms with van der Waals surface area (Å²) in [5.41, 5.74) is 1.80. The standard InChI is InChI=1S/C17H15BrN2O3/c18-14-10-13(20-9-8-16(21)19-17(20)22)6-7-15(14)23-11-12-4-2-1-3-5-12/h1-7,10H,8-9,11H2,(H,19,21,22). The van der Waals surface area contributed by atoms with E-state index in [4.69, 9.17) is 4.74 Å². The van der Waals surface area contributed by atoms with Gasteiger partial charge in [0.05, 0.1) is 4.47 Å². The molecule has 1 heterocycles. The number of carbonyl (C=O) groups is 2. The lowest BCUT2D eigenvalue weighted by atomic mass is 10.2. The topological polar surface area (TPSA) is 58.6 Å². The third-order valence-electron chi connectivity index (χ3n) is 3.52. The van der Waals surface area contributed by atoms with Gasteiger partial charge in [0.15, 0.2) is 0 Å². The van der Waals surface area contributed by atoms with Crippen molar-refractivity contribution in [3.05, 3.63) is 58.6 Å². The van der Waals surface area contributed by atoms with Crippen molar-refractivity contribution in [3.63, 3.8) is 0 Å². The van der Waals surface area contributed by atoms with E-state index in [0.29, 0.717) is 31.0 Å². The van der Waals surface area contributed by atoms with E-state index in [2.05, 4.69) is 21.2 Å². The number of imide groups is 1. The molecule has 3 amide bonds. The summed E-state index contributed by atoms with van der Waals surface area (Å²) in [5, 5.41) is 2.31. The molecule has 1 saturated heterocycles. The molecule has 23 heavy (non-hydrogen) atoms. The molecule has 5 nitrogen and oxygen atoms in total. The molecule has 6 heteroatoms. The van der Waals surface area contributed by atoms with Crippen LogP contribution in [0.5, 0.6) is 5.75 Å². The van der Waals surface area contributed by atoms with Crippen molar-refractivity contribution in [3.8, 4) is 5.75 Å². The van der Waals surface area contributed by atoms with Crippen LogP contribution in [0.1, 0.15) is 12.0 Å². The second-order valence-electron chi connectivity index (χ2n) is 5.14. The van der Waals surface area contributed by atoms with Crippen LogP contribution in [0.25, 0.3) is 0 Å². The van der Waals surface area contributed by atoms with Gasteiger partial charge in [-0.3, -0.25) is 15.0 Å². The molecular formula is C17H15BrN2O3. The Labute approximate surface area is 142 Å². The lowest BCUT2D eigenvalue weighted by Crippen LogP contribution is -2.49. The molecule has 2 aromatic carbocycles. The molecule has 1 fully saturated rings.